The summed E-state index contributed by atoms with van der Waals surface area (Å²) in [6.45, 7) is 5.85. The fourth-order valence-corrected chi connectivity index (χ4v) is 5.64. The second kappa shape index (κ2) is 14.1. The average Bonchev–Trinajstić information content (AvgIpc) is 3.18. The van der Waals surface area contributed by atoms with Gasteiger partial charge in [0.25, 0.3) is 5.91 Å². The number of hydrogen-bond acceptors (Lipinski definition) is 10. The second-order valence-electron chi connectivity index (χ2n) is 9.78. The molecule has 4 rings (SSSR count). The number of rotatable bonds is 10. The number of nitriles is 1. The summed E-state index contributed by atoms with van der Waals surface area (Å²) in [5.74, 6) is 0.0219. The van der Waals surface area contributed by atoms with Gasteiger partial charge in [0.05, 0.1) is 35.9 Å². The molecule has 0 bridgehead atoms. The highest BCUT2D eigenvalue weighted by molar-refractivity contribution is 8.09. The Bertz CT molecular complexity index is 1220. The number of pyridine rings is 2. The number of amides is 1. The zero-order chi connectivity index (χ0) is 27.6. The lowest BCUT2D eigenvalue weighted by atomic mass is 9.96. The molecule has 2 aliphatic rings. The number of nitrogens with one attached hydrogen (secondary N) is 1. The maximum atomic E-state index is 12.8. The summed E-state index contributed by atoms with van der Waals surface area (Å²) < 4.78 is 5.54. The lowest BCUT2D eigenvalue weighted by molar-refractivity contribution is 0.0930. The van der Waals surface area contributed by atoms with Crippen molar-refractivity contribution in [2.75, 3.05) is 45.1 Å². The molecule has 1 saturated heterocycles. The van der Waals surface area contributed by atoms with Crippen LogP contribution in [0.3, 0.4) is 0 Å². The highest BCUT2D eigenvalue weighted by Crippen LogP contribution is 2.32. The number of carbonyl (C=O) groups excluding carboxylic acids is 1. The standard InChI is InChI=1S/C28H35N7O3S/c1-19(36)8-13-38-28-22(15-29)23(30)14-25(34-28)27(37)33-16-20-6-11-35(12-7-20)18-21-17-31-10-5-26(39-21)24-4-2-3-9-32-24/h2-5,9,14,17,19-21,36H,6-8,10-13,16,18H2,1H3,(H2,30,34)(H,33,37). The van der Waals surface area contributed by atoms with Crippen molar-refractivity contribution in [2.45, 2.75) is 37.5 Å². The summed E-state index contributed by atoms with van der Waals surface area (Å²) in [6, 6.07) is 9.34. The van der Waals surface area contributed by atoms with Gasteiger partial charge in [-0.05, 0) is 63.0 Å². The van der Waals surface area contributed by atoms with Crippen molar-refractivity contribution in [1.29, 1.82) is 5.26 Å². The van der Waals surface area contributed by atoms with Gasteiger partial charge < -0.3 is 25.8 Å². The van der Waals surface area contributed by atoms with Gasteiger partial charge >= 0.3 is 0 Å². The number of likely N-dealkylation sites (tertiary alicyclic amines) is 1. The van der Waals surface area contributed by atoms with E-state index in [1.54, 1.807) is 6.92 Å². The number of ether oxygens (including phenoxy) is 1. The number of aliphatic hydroxyl groups excluding tert-OH is 1. The Kier molecular flexibility index (Phi) is 10.3. The van der Waals surface area contributed by atoms with Crippen LogP contribution < -0.4 is 15.8 Å². The molecule has 206 valence electrons. The third-order valence-electron chi connectivity index (χ3n) is 6.68. The van der Waals surface area contributed by atoms with Crippen LogP contribution in [0.5, 0.6) is 5.88 Å². The molecular weight excluding hydrogens is 514 g/mol. The summed E-state index contributed by atoms with van der Waals surface area (Å²) in [5, 5.41) is 22.1. The Labute approximate surface area is 233 Å². The summed E-state index contributed by atoms with van der Waals surface area (Å²) in [7, 11) is 0. The number of aromatic nitrogens is 2. The Morgan fingerprint density at radius 3 is 2.92 bits per heavy atom. The number of anilines is 1. The highest BCUT2D eigenvalue weighted by Gasteiger charge is 2.24. The van der Waals surface area contributed by atoms with E-state index in [1.807, 2.05) is 42.2 Å². The van der Waals surface area contributed by atoms with Crippen LogP contribution in [0.15, 0.2) is 41.5 Å². The predicted octanol–water partition coefficient (Wildman–Crippen LogP) is 2.75. The molecule has 2 aromatic heterocycles. The predicted molar refractivity (Wildman–Crippen MR) is 154 cm³/mol. The monoisotopic (exact) mass is 549 g/mol. The summed E-state index contributed by atoms with van der Waals surface area (Å²) in [5.41, 5.74) is 7.31. The Balaban J connectivity index is 1.25. The van der Waals surface area contributed by atoms with Crippen molar-refractivity contribution in [3.8, 4) is 11.9 Å². The first kappa shape index (κ1) is 28.5. The van der Waals surface area contributed by atoms with Crippen LogP contribution in [0.4, 0.5) is 5.69 Å². The van der Waals surface area contributed by atoms with Gasteiger partial charge in [0, 0.05) is 36.8 Å². The number of hydrogen-bond donors (Lipinski definition) is 3. The third-order valence-corrected chi connectivity index (χ3v) is 7.88. The van der Waals surface area contributed by atoms with Crippen LogP contribution >= 0.6 is 11.8 Å². The number of aliphatic imine (C=N–C) groups is 1. The van der Waals surface area contributed by atoms with Gasteiger partial charge in [0.1, 0.15) is 17.3 Å². The number of nitrogens with two attached hydrogens (primary N) is 1. The van der Waals surface area contributed by atoms with E-state index in [9.17, 15) is 15.2 Å². The largest absolute Gasteiger partial charge is 0.477 e. The van der Waals surface area contributed by atoms with E-state index >= 15 is 0 Å². The van der Waals surface area contributed by atoms with Crippen molar-refractivity contribution in [3.05, 3.63) is 53.5 Å². The Hall–Kier alpha value is -3.46. The molecule has 2 atom stereocenters. The minimum absolute atomic E-state index is 0.0116. The molecule has 4 heterocycles. The molecular formula is C28H35N7O3S. The topological polar surface area (TPSA) is 150 Å². The number of thioether (sulfide) groups is 1. The van der Waals surface area contributed by atoms with Gasteiger partial charge in [-0.3, -0.25) is 14.8 Å². The van der Waals surface area contributed by atoms with Crippen LogP contribution in [0.2, 0.25) is 0 Å². The van der Waals surface area contributed by atoms with E-state index in [0.717, 1.165) is 38.2 Å². The van der Waals surface area contributed by atoms with E-state index in [-0.39, 0.29) is 40.6 Å². The van der Waals surface area contributed by atoms with Crippen molar-refractivity contribution in [3.63, 3.8) is 0 Å². The second-order valence-corrected chi connectivity index (χ2v) is 11.1. The fourth-order valence-electron chi connectivity index (χ4n) is 4.47. The maximum Gasteiger partial charge on any atom is 0.270 e. The summed E-state index contributed by atoms with van der Waals surface area (Å²) >= 11 is 1.81. The molecule has 0 spiro atoms. The zero-order valence-electron chi connectivity index (χ0n) is 22.1. The van der Waals surface area contributed by atoms with E-state index in [0.29, 0.717) is 25.4 Å². The number of aliphatic hydroxyl groups is 1. The number of nitrogens with zero attached hydrogens (tertiary/aromatic N) is 5. The summed E-state index contributed by atoms with van der Waals surface area (Å²) in [6.07, 6.45) is 7.80. The first-order valence-corrected chi connectivity index (χ1v) is 14.1. The highest BCUT2D eigenvalue weighted by atomic mass is 32.2. The van der Waals surface area contributed by atoms with Gasteiger partial charge in [-0.1, -0.05) is 6.07 Å². The normalized spacial score (nSPS) is 19.0. The third kappa shape index (κ3) is 8.26. The minimum Gasteiger partial charge on any atom is -0.477 e. The quantitative estimate of drug-likeness (QED) is 0.406. The molecule has 2 aliphatic heterocycles. The van der Waals surface area contributed by atoms with E-state index in [4.69, 9.17) is 10.5 Å². The van der Waals surface area contributed by atoms with Crippen molar-refractivity contribution >= 4 is 34.5 Å². The number of nitrogen functional groups attached to an aromatic ring is 1. The smallest absolute Gasteiger partial charge is 0.270 e. The van der Waals surface area contributed by atoms with Gasteiger partial charge in [0.15, 0.2) is 0 Å². The molecule has 10 nitrogen and oxygen atoms in total. The molecule has 11 heteroatoms. The molecule has 0 radical (unpaired) electrons. The first-order valence-electron chi connectivity index (χ1n) is 13.2. The van der Waals surface area contributed by atoms with Gasteiger partial charge in [0.2, 0.25) is 5.88 Å². The average molecular weight is 550 g/mol. The molecule has 1 fully saturated rings. The zero-order valence-corrected chi connectivity index (χ0v) is 22.9. The van der Waals surface area contributed by atoms with Gasteiger partial charge in [-0.2, -0.15) is 5.26 Å². The molecule has 2 aromatic rings. The number of piperidine rings is 1. The molecule has 0 aromatic carbocycles. The fraction of sp³-hybridized carbons (Fsp3) is 0.464. The summed E-state index contributed by atoms with van der Waals surface area (Å²) in [4.78, 5) is 29.7. The molecule has 0 aliphatic carbocycles. The van der Waals surface area contributed by atoms with Crippen LogP contribution in [-0.2, 0) is 0 Å². The van der Waals surface area contributed by atoms with Crippen molar-refractivity contribution in [2.24, 2.45) is 10.9 Å². The molecule has 0 saturated carbocycles. The lowest BCUT2D eigenvalue weighted by Crippen LogP contribution is -2.41. The SMILES string of the molecule is CC(O)CCOc1nc(C(=O)NCC2CCN(CC3C=NCC=C(c4ccccn4)S3)CC2)cc(N)c1C#N. The molecule has 1 amide bonds. The van der Waals surface area contributed by atoms with E-state index in [1.165, 1.54) is 11.0 Å². The Morgan fingerprint density at radius 1 is 1.38 bits per heavy atom. The van der Waals surface area contributed by atoms with E-state index < -0.39 is 6.10 Å². The van der Waals surface area contributed by atoms with Crippen molar-refractivity contribution in [1.82, 2.24) is 20.2 Å². The van der Waals surface area contributed by atoms with Crippen LogP contribution in [-0.4, -0.2) is 82.8 Å². The van der Waals surface area contributed by atoms with Crippen molar-refractivity contribution < 1.29 is 14.6 Å². The minimum atomic E-state index is -0.550. The van der Waals surface area contributed by atoms with Gasteiger partial charge in [-0.15, -0.1) is 11.8 Å². The van der Waals surface area contributed by atoms with Crippen LogP contribution in [0.1, 0.15) is 47.9 Å². The van der Waals surface area contributed by atoms with Crippen LogP contribution in [0.25, 0.3) is 4.91 Å². The lowest BCUT2D eigenvalue weighted by Gasteiger charge is -2.33. The number of carbonyl (C=O) groups is 1. The molecule has 39 heavy (non-hydrogen) atoms. The Morgan fingerprint density at radius 2 is 2.21 bits per heavy atom. The first-order chi connectivity index (χ1) is 18.9. The molecule has 4 N–H and O–H groups in total. The van der Waals surface area contributed by atoms with Gasteiger partial charge in [-0.25, -0.2) is 4.98 Å². The van der Waals surface area contributed by atoms with E-state index in [2.05, 4.69) is 37.5 Å². The maximum absolute atomic E-state index is 12.8. The molecule has 2 unspecified atom stereocenters. The van der Waals surface area contributed by atoms with Crippen LogP contribution in [0, 0.1) is 17.2 Å².